The zero-order valence-electron chi connectivity index (χ0n) is 16.7. The largest absolute Gasteiger partial charge is 0.461 e. The van der Waals surface area contributed by atoms with Crippen LogP contribution in [0.1, 0.15) is 41.2 Å². The summed E-state index contributed by atoms with van der Waals surface area (Å²) < 4.78 is 7.00. The van der Waals surface area contributed by atoms with Crippen molar-refractivity contribution in [1.29, 1.82) is 10.5 Å². The summed E-state index contributed by atoms with van der Waals surface area (Å²) >= 11 is 0. The van der Waals surface area contributed by atoms with Gasteiger partial charge in [0.25, 0.3) is 0 Å². The van der Waals surface area contributed by atoms with Gasteiger partial charge in [-0.3, -0.25) is 0 Å². The first-order chi connectivity index (χ1) is 14.1. The number of nitriles is 2. The Labute approximate surface area is 170 Å². The quantitative estimate of drug-likeness (QED) is 0.591. The van der Waals surface area contributed by atoms with Crippen molar-refractivity contribution in [1.82, 2.24) is 4.57 Å². The fraction of sp³-hybridized carbons (Fsp3) is 0.208. The van der Waals surface area contributed by atoms with Gasteiger partial charge in [-0.1, -0.05) is 49.4 Å². The first kappa shape index (κ1) is 19.9. The van der Waals surface area contributed by atoms with Crippen LogP contribution in [0.3, 0.4) is 0 Å². The summed E-state index contributed by atoms with van der Waals surface area (Å²) in [4.78, 5) is 12.6. The number of esters is 1. The third kappa shape index (κ3) is 3.51. The Balaban J connectivity index is 2.17. The molecule has 0 amide bonds. The lowest BCUT2D eigenvalue weighted by molar-refractivity contribution is 0.0516. The van der Waals surface area contributed by atoms with Crippen molar-refractivity contribution >= 4 is 5.97 Å². The Bertz CT molecular complexity index is 1140. The molecule has 5 heteroatoms. The highest BCUT2D eigenvalue weighted by molar-refractivity contribution is 5.98. The van der Waals surface area contributed by atoms with Crippen molar-refractivity contribution in [3.8, 4) is 34.4 Å². The first-order valence-electron chi connectivity index (χ1n) is 9.46. The van der Waals surface area contributed by atoms with E-state index in [0.29, 0.717) is 28.8 Å². The van der Waals surface area contributed by atoms with E-state index in [0.717, 1.165) is 22.4 Å². The minimum atomic E-state index is -0.444. The average molecular weight is 383 g/mol. The Morgan fingerprint density at radius 3 is 2.24 bits per heavy atom. The second-order valence-corrected chi connectivity index (χ2v) is 6.52. The number of aromatic nitrogens is 1. The number of ether oxygens (including phenoxy) is 1. The Morgan fingerprint density at radius 2 is 1.66 bits per heavy atom. The summed E-state index contributed by atoms with van der Waals surface area (Å²) in [5.41, 5.74) is 5.35. The van der Waals surface area contributed by atoms with Crippen LogP contribution in [0.4, 0.5) is 0 Å². The molecule has 2 aromatic carbocycles. The molecule has 0 saturated heterocycles. The molecule has 3 aromatic rings. The highest BCUT2D eigenvalue weighted by atomic mass is 16.5. The van der Waals surface area contributed by atoms with Crippen LogP contribution in [0.25, 0.3) is 22.3 Å². The topological polar surface area (TPSA) is 78.8 Å². The molecule has 144 valence electrons. The minimum absolute atomic E-state index is 0.261. The number of hydrogen-bond acceptors (Lipinski definition) is 4. The van der Waals surface area contributed by atoms with Crippen LogP contribution in [0.5, 0.6) is 0 Å². The van der Waals surface area contributed by atoms with E-state index in [9.17, 15) is 15.3 Å². The lowest BCUT2D eigenvalue weighted by Gasteiger charge is -2.09. The standard InChI is InChI=1S/C24H21N3O2/c1-4-21-20(15-26)22(23(27(21)3)24(28)29-5-2)17-12-10-16(11-13-17)19-9-7-6-8-18(19)14-25/h6-13H,4-5H2,1-3H3. The van der Waals surface area contributed by atoms with Crippen molar-refractivity contribution in [3.63, 3.8) is 0 Å². The predicted octanol–water partition coefficient (Wildman–Crippen LogP) is 4.84. The minimum Gasteiger partial charge on any atom is -0.461 e. The van der Waals surface area contributed by atoms with E-state index in [2.05, 4.69) is 12.1 Å². The van der Waals surface area contributed by atoms with Gasteiger partial charge in [0, 0.05) is 18.3 Å². The molecule has 0 saturated carbocycles. The maximum absolute atomic E-state index is 12.6. The van der Waals surface area contributed by atoms with Gasteiger partial charge in [0.2, 0.25) is 0 Å². The van der Waals surface area contributed by atoms with Crippen molar-refractivity contribution in [2.75, 3.05) is 6.61 Å². The molecule has 1 heterocycles. The Hall–Kier alpha value is -3.83. The van der Waals surface area contributed by atoms with Gasteiger partial charge in [-0.2, -0.15) is 10.5 Å². The number of rotatable bonds is 5. The van der Waals surface area contributed by atoms with Gasteiger partial charge < -0.3 is 9.30 Å². The number of carbonyl (C=O) groups is 1. The molecule has 1 aromatic heterocycles. The summed E-state index contributed by atoms with van der Waals surface area (Å²) in [6.45, 7) is 3.97. The Morgan fingerprint density at radius 1 is 1.00 bits per heavy atom. The molecule has 29 heavy (non-hydrogen) atoms. The lowest BCUT2D eigenvalue weighted by atomic mass is 9.95. The van der Waals surface area contributed by atoms with Gasteiger partial charge in [-0.15, -0.1) is 0 Å². The van der Waals surface area contributed by atoms with E-state index in [4.69, 9.17) is 4.74 Å². The van der Waals surface area contributed by atoms with E-state index in [1.165, 1.54) is 0 Å². The zero-order valence-corrected chi connectivity index (χ0v) is 16.7. The summed E-state index contributed by atoms with van der Waals surface area (Å²) in [6, 6.07) is 19.4. The molecule has 0 fully saturated rings. The number of nitrogens with zero attached hydrogens (tertiary/aromatic N) is 3. The van der Waals surface area contributed by atoms with E-state index < -0.39 is 5.97 Å². The van der Waals surface area contributed by atoms with Gasteiger partial charge in [0.1, 0.15) is 11.8 Å². The van der Waals surface area contributed by atoms with Crippen LogP contribution in [-0.4, -0.2) is 17.1 Å². The van der Waals surface area contributed by atoms with E-state index in [-0.39, 0.29) is 6.61 Å². The molecule has 0 radical (unpaired) electrons. The fourth-order valence-corrected chi connectivity index (χ4v) is 3.64. The molecule has 0 atom stereocenters. The van der Waals surface area contributed by atoms with Crippen LogP contribution in [0.15, 0.2) is 48.5 Å². The molecule has 0 aliphatic heterocycles. The summed E-state index contributed by atoms with van der Waals surface area (Å²) in [5, 5.41) is 19.1. The van der Waals surface area contributed by atoms with Crippen molar-refractivity contribution in [2.45, 2.75) is 20.3 Å². The van der Waals surface area contributed by atoms with Gasteiger partial charge >= 0.3 is 5.97 Å². The third-order valence-corrected chi connectivity index (χ3v) is 4.96. The van der Waals surface area contributed by atoms with Crippen LogP contribution in [0, 0.1) is 22.7 Å². The molecule has 0 aliphatic carbocycles. The van der Waals surface area contributed by atoms with Crippen molar-refractivity contribution in [2.24, 2.45) is 7.05 Å². The maximum atomic E-state index is 12.6. The highest BCUT2D eigenvalue weighted by Gasteiger charge is 2.26. The molecule has 0 N–H and O–H groups in total. The molecule has 0 aliphatic rings. The SMILES string of the molecule is CCOC(=O)c1c(-c2ccc(-c3ccccc3C#N)cc2)c(C#N)c(CC)n1C. The molecule has 0 unspecified atom stereocenters. The van der Waals surface area contributed by atoms with Crippen molar-refractivity contribution in [3.05, 3.63) is 71.0 Å². The van der Waals surface area contributed by atoms with Crippen LogP contribution < -0.4 is 0 Å². The van der Waals surface area contributed by atoms with Crippen LogP contribution in [-0.2, 0) is 18.2 Å². The van der Waals surface area contributed by atoms with E-state index >= 15 is 0 Å². The fourth-order valence-electron chi connectivity index (χ4n) is 3.64. The van der Waals surface area contributed by atoms with Crippen LogP contribution in [0.2, 0.25) is 0 Å². The second-order valence-electron chi connectivity index (χ2n) is 6.52. The van der Waals surface area contributed by atoms with E-state index in [1.807, 2.05) is 49.4 Å². The van der Waals surface area contributed by atoms with Gasteiger partial charge in [0.05, 0.1) is 23.8 Å². The predicted molar refractivity (Wildman–Crippen MR) is 111 cm³/mol. The molecular formula is C24H21N3O2. The van der Waals surface area contributed by atoms with Gasteiger partial charge in [0.15, 0.2) is 0 Å². The maximum Gasteiger partial charge on any atom is 0.355 e. The summed E-state index contributed by atoms with van der Waals surface area (Å²) in [7, 11) is 1.78. The number of hydrogen-bond donors (Lipinski definition) is 0. The molecule has 3 rings (SSSR count). The van der Waals surface area contributed by atoms with Crippen molar-refractivity contribution < 1.29 is 9.53 Å². The van der Waals surface area contributed by atoms with Gasteiger partial charge in [-0.25, -0.2) is 4.79 Å². The molecule has 0 bridgehead atoms. The lowest BCUT2D eigenvalue weighted by Crippen LogP contribution is -2.12. The third-order valence-electron chi connectivity index (χ3n) is 4.96. The monoisotopic (exact) mass is 383 g/mol. The molecule has 5 nitrogen and oxygen atoms in total. The van der Waals surface area contributed by atoms with Crippen LogP contribution >= 0.6 is 0 Å². The smallest absolute Gasteiger partial charge is 0.355 e. The first-order valence-corrected chi connectivity index (χ1v) is 9.46. The number of carbonyl (C=O) groups excluding carboxylic acids is 1. The Kier molecular flexibility index (Phi) is 5.81. The molecular weight excluding hydrogens is 362 g/mol. The summed E-state index contributed by atoms with van der Waals surface area (Å²) in [5.74, 6) is -0.444. The highest BCUT2D eigenvalue weighted by Crippen LogP contribution is 2.34. The summed E-state index contributed by atoms with van der Waals surface area (Å²) in [6.07, 6.45) is 0.624. The van der Waals surface area contributed by atoms with E-state index in [1.54, 1.807) is 24.6 Å². The zero-order chi connectivity index (χ0) is 21.0. The number of benzene rings is 2. The molecule has 0 spiro atoms. The average Bonchev–Trinajstić information content (AvgIpc) is 3.05. The second kappa shape index (κ2) is 8.46. The van der Waals surface area contributed by atoms with Gasteiger partial charge in [-0.05, 0) is 36.1 Å². The normalized spacial score (nSPS) is 10.2.